The van der Waals surface area contributed by atoms with Crippen molar-refractivity contribution in [2.24, 2.45) is 0 Å². The maximum atomic E-state index is 13.2. The molecule has 0 aliphatic heterocycles. The number of halogens is 1. The first-order valence-electron chi connectivity index (χ1n) is 4.39. The molecule has 0 aliphatic carbocycles. The molecule has 1 aromatic rings. The van der Waals surface area contributed by atoms with Gasteiger partial charge in [0.05, 0.1) is 6.61 Å². The van der Waals surface area contributed by atoms with Gasteiger partial charge in [0.2, 0.25) is 0 Å². The second kappa shape index (κ2) is 4.86. The molecule has 0 amide bonds. The highest BCUT2D eigenvalue weighted by molar-refractivity contribution is 5.78. The van der Waals surface area contributed by atoms with Gasteiger partial charge in [0.15, 0.2) is 0 Å². The standard InChI is InChI=1S/C11H13FO2/c1-8(13)5-10-6-9(7-14-2)3-4-11(10)12/h3-4,6H,5,7H2,1-2H3. The number of ether oxygens (including phenoxy) is 1. The first-order chi connectivity index (χ1) is 6.63. The second-order valence-electron chi connectivity index (χ2n) is 3.24. The molecule has 0 aliphatic rings. The van der Waals surface area contributed by atoms with Gasteiger partial charge in [-0.25, -0.2) is 4.39 Å². The Labute approximate surface area is 82.7 Å². The summed E-state index contributed by atoms with van der Waals surface area (Å²) in [5.74, 6) is -0.376. The zero-order valence-corrected chi connectivity index (χ0v) is 8.34. The minimum Gasteiger partial charge on any atom is -0.380 e. The quantitative estimate of drug-likeness (QED) is 0.737. The molecule has 0 atom stereocenters. The Bertz CT molecular complexity index is 334. The van der Waals surface area contributed by atoms with Crippen LogP contribution in [-0.2, 0) is 22.6 Å². The summed E-state index contributed by atoms with van der Waals surface area (Å²) in [7, 11) is 1.58. The Balaban J connectivity index is 2.90. The number of carbonyl (C=O) groups is 1. The number of Topliss-reactive ketones (excluding diaryl/α,β-unsaturated/α-hetero) is 1. The lowest BCUT2D eigenvalue weighted by Crippen LogP contribution is -2.01. The van der Waals surface area contributed by atoms with E-state index in [9.17, 15) is 9.18 Å². The summed E-state index contributed by atoms with van der Waals surface area (Å²) in [4.78, 5) is 10.8. The van der Waals surface area contributed by atoms with E-state index in [2.05, 4.69) is 0 Å². The molecule has 3 heteroatoms. The zero-order chi connectivity index (χ0) is 10.6. The van der Waals surface area contributed by atoms with Gasteiger partial charge in [0, 0.05) is 13.5 Å². The van der Waals surface area contributed by atoms with Gasteiger partial charge >= 0.3 is 0 Å². The third kappa shape index (κ3) is 2.92. The van der Waals surface area contributed by atoms with Crippen LogP contribution in [0.2, 0.25) is 0 Å². The topological polar surface area (TPSA) is 26.3 Å². The normalized spacial score (nSPS) is 10.2. The number of benzene rings is 1. The Morgan fingerprint density at radius 3 is 2.79 bits per heavy atom. The van der Waals surface area contributed by atoms with Gasteiger partial charge in [0.1, 0.15) is 11.6 Å². The molecule has 0 saturated carbocycles. The SMILES string of the molecule is COCc1ccc(F)c(CC(C)=O)c1. The van der Waals surface area contributed by atoms with Crippen molar-refractivity contribution in [3.63, 3.8) is 0 Å². The molecule has 0 heterocycles. The predicted molar refractivity (Wildman–Crippen MR) is 51.5 cm³/mol. The Morgan fingerprint density at radius 2 is 2.21 bits per heavy atom. The van der Waals surface area contributed by atoms with Crippen LogP contribution in [-0.4, -0.2) is 12.9 Å². The minimum absolute atomic E-state index is 0.0431. The monoisotopic (exact) mass is 196 g/mol. The molecule has 0 bridgehead atoms. The highest BCUT2D eigenvalue weighted by Crippen LogP contribution is 2.12. The summed E-state index contributed by atoms with van der Waals surface area (Å²) < 4.78 is 18.1. The molecule has 1 aromatic carbocycles. The van der Waals surface area contributed by atoms with Gasteiger partial charge in [0.25, 0.3) is 0 Å². The molecule has 0 fully saturated rings. The molecule has 0 aromatic heterocycles. The third-order valence-electron chi connectivity index (χ3n) is 1.86. The van der Waals surface area contributed by atoms with Gasteiger partial charge in [-0.1, -0.05) is 12.1 Å². The summed E-state index contributed by atoms with van der Waals surface area (Å²) in [5, 5.41) is 0. The van der Waals surface area contributed by atoms with E-state index in [1.54, 1.807) is 19.2 Å². The first-order valence-corrected chi connectivity index (χ1v) is 4.39. The summed E-state index contributed by atoms with van der Waals surface area (Å²) in [6, 6.07) is 4.69. The first kappa shape index (κ1) is 10.9. The van der Waals surface area contributed by atoms with Crippen molar-refractivity contribution in [3.8, 4) is 0 Å². The van der Waals surface area contributed by atoms with Crippen LogP contribution < -0.4 is 0 Å². The average Bonchev–Trinajstić information content (AvgIpc) is 2.10. The summed E-state index contributed by atoms with van der Waals surface area (Å²) in [6.45, 7) is 1.88. The highest BCUT2D eigenvalue weighted by atomic mass is 19.1. The van der Waals surface area contributed by atoms with E-state index in [-0.39, 0.29) is 18.0 Å². The minimum atomic E-state index is -0.333. The zero-order valence-electron chi connectivity index (χ0n) is 8.34. The largest absolute Gasteiger partial charge is 0.380 e. The Kier molecular flexibility index (Phi) is 3.77. The van der Waals surface area contributed by atoms with Crippen LogP contribution in [0.15, 0.2) is 18.2 Å². The van der Waals surface area contributed by atoms with Crippen LogP contribution >= 0.6 is 0 Å². The van der Waals surface area contributed by atoms with Crippen LogP contribution in [0.5, 0.6) is 0 Å². The van der Waals surface area contributed by atoms with Crippen LogP contribution in [0.3, 0.4) is 0 Å². The van der Waals surface area contributed by atoms with Crippen LogP contribution in [0.1, 0.15) is 18.1 Å². The van der Waals surface area contributed by atoms with E-state index in [0.717, 1.165) is 5.56 Å². The van der Waals surface area contributed by atoms with E-state index >= 15 is 0 Å². The van der Waals surface area contributed by atoms with Crippen LogP contribution in [0.4, 0.5) is 4.39 Å². The number of rotatable bonds is 4. The van der Waals surface area contributed by atoms with Gasteiger partial charge in [-0.3, -0.25) is 4.79 Å². The molecule has 0 radical (unpaired) electrons. The predicted octanol–water partition coefficient (Wildman–Crippen LogP) is 2.10. The summed E-state index contributed by atoms with van der Waals surface area (Å²) in [5.41, 5.74) is 1.32. The number of hydrogen-bond donors (Lipinski definition) is 0. The van der Waals surface area contributed by atoms with Crippen molar-refractivity contribution in [2.75, 3.05) is 7.11 Å². The number of ketones is 1. The lowest BCUT2D eigenvalue weighted by molar-refractivity contribution is -0.116. The van der Waals surface area contributed by atoms with E-state index in [0.29, 0.717) is 12.2 Å². The van der Waals surface area contributed by atoms with E-state index in [1.807, 2.05) is 0 Å². The lowest BCUT2D eigenvalue weighted by atomic mass is 10.1. The molecule has 76 valence electrons. The maximum absolute atomic E-state index is 13.2. The number of methoxy groups -OCH3 is 1. The Hall–Kier alpha value is -1.22. The Morgan fingerprint density at radius 1 is 1.50 bits per heavy atom. The fraction of sp³-hybridized carbons (Fsp3) is 0.364. The summed E-state index contributed by atoms with van der Waals surface area (Å²) in [6.07, 6.45) is 0.142. The van der Waals surface area contributed by atoms with Gasteiger partial charge in [-0.15, -0.1) is 0 Å². The van der Waals surface area contributed by atoms with E-state index in [4.69, 9.17) is 4.74 Å². The smallest absolute Gasteiger partial charge is 0.134 e. The highest BCUT2D eigenvalue weighted by Gasteiger charge is 2.05. The van der Waals surface area contributed by atoms with E-state index in [1.165, 1.54) is 13.0 Å². The molecule has 1 rings (SSSR count). The van der Waals surface area contributed by atoms with Crippen molar-refractivity contribution in [2.45, 2.75) is 20.0 Å². The second-order valence-corrected chi connectivity index (χ2v) is 3.24. The summed E-state index contributed by atoms with van der Waals surface area (Å²) >= 11 is 0. The fourth-order valence-electron chi connectivity index (χ4n) is 1.29. The number of carbonyl (C=O) groups excluding carboxylic acids is 1. The van der Waals surface area contributed by atoms with Gasteiger partial charge < -0.3 is 4.74 Å². The third-order valence-corrected chi connectivity index (χ3v) is 1.86. The molecular weight excluding hydrogens is 183 g/mol. The molecule has 14 heavy (non-hydrogen) atoms. The van der Waals surface area contributed by atoms with Crippen molar-refractivity contribution >= 4 is 5.78 Å². The van der Waals surface area contributed by atoms with Crippen LogP contribution in [0, 0.1) is 5.82 Å². The van der Waals surface area contributed by atoms with Gasteiger partial charge in [-0.2, -0.15) is 0 Å². The van der Waals surface area contributed by atoms with Crippen LogP contribution in [0.25, 0.3) is 0 Å². The fourth-order valence-corrected chi connectivity index (χ4v) is 1.29. The molecular formula is C11H13FO2. The molecule has 0 saturated heterocycles. The molecule has 0 spiro atoms. The molecule has 0 unspecified atom stereocenters. The van der Waals surface area contributed by atoms with Crippen molar-refractivity contribution in [1.29, 1.82) is 0 Å². The van der Waals surface area contributed by atoms with Crippen molar-refractivity contribution < 1.29 is 13.9 Å². The molecule has 0 N–H and O–H groups in total. The number of hydrogen-bond acceptors (Lipinski definition) is 2. The van der Waals surface area contributed by atoms with Crippen molar-refractivity contribution in [1.82, 2.24) is 0 Å². The lowest BCUT2D eigenvalue weighted by Gasteiger charge is -2.04. The average molecular weight is 196 g/mol. The van der Waals surface area contributed by atoms with Gasteiger partial charge in [-0.05, 0) is 24.1 Å². The van der Waals surface area contributed by atoms with E-state index < -0.39 is 0 Å². The maximum Gasteiger partial charge on any atom is 0.134 e. The molecule has 2 nitrogen and oxygen atoms in total. The van der Waals surface area contributed by atoms with Crippen molar-refractivity contribution in [3.05, 3.63) is 35.1 Å².